The Bertz CT molecular complexity index is 821. The first-order valence-electron chi connectivity index (χ1n) is 9.02. The summed E-state index contributed by atoms with van der Waals surface area (Å²) in [5.74, 6) is 0.00434. The van der Waals surface area contributed by atoms with Crippen molar-refractivity contribution in [2.45, 2.75) is 18.9 Å². The Morgan fingerprint density at radius 3 is 2.38 bits per heavy atom. The minimum absolute atomic E-state index is 0.0349. The molecule has 1 saturated heterocycles. The first-order valence-corrected chi connectivity index (χ1v) is 9.02. The number of hydrogen-bond acceptors (Lipinski definition) is 5. The molecule has 5 heteroatoms. The third kappa shape index (κ3) is 3.17. The van der Waals surface area contributed by atoms with Crippen molar-refractivity contribution in [2.24, 2.45) is 5.92 Å². The van der Waals surface area contributed by atoms with Gasteiger partial charge in [0.2, 0.25) is 0 Å². The Labute approximate surface area is 152 Å². The van der Waals surface area contributed by atoms with E-state index in [0.29, 0.717) is 13.0 Å². The number of ketones is 2. The summed E-state index contributed by atoms with van der Waals surface area (Å²) in [6, 6.07) is 17.2. The predicted octanol–water partition coefficient (Wildman–Crippen LogP) is 2.64. The molecule has 0 radical (unpaired) electrons. The van der Waals surface area contributed by atoms with Crippen LogP contribution in [0.3, 0.4) is 0 Å². The Morgan fingerprint density at radius 1 is 0.923 bits per heavy atom. The van der Waals surface area contributed by atoms with Crippen LogP contribution in [0, 0.1) is 5.92 Å². The fraction of sp³-hybridized carbons (Fsp3) is 0.333. The van der Waals surface area contributed by atoms with Crippen LogP contribution in [0.25, 0.3) is 0 Å². The van der Waals surface area contributed by atoms with Gasteiger partial charge in [-0.1, -0.05) is 24.3 Å². The standard InChI is InChI=1S/C21H22N2O3/c24-17-8-4-7-16(11-17)23-10-9-22(15-5-2-1-3-6-15)14-20(23)19-12-18(25)13-21(19)26/h1-8,11,19-20,24H,9-10,12-14H2. The van der Waals surface area contributed by atoms with Gasteiger partial charge < -0.3 is 14.9 Å². The number of para-hydroxylation sites is 1. The predicted molar refractivity (Wildman–Crippen MR) is 101 cm³/mol. The van der Waals surface area contributed by atoms with E-state index >= 15 is 0 Å². The van der Waals surface area contributed by atoms with Gasteiger partial charge in [-0.15, -0.1) is 0 Å². The highest BCUT2D eigenvalue weighted by Crippen LogP contribution is 2.33. The fourth-order valence-corrected chi connectivity index (χ4v) is 4.13. The van der Waals surface area contributed by atoms with E-state index in [9.17, 15) is 14.7 Å². The lowest BCUT2D eigenvalue weighted by atomic mass is 9.92. The van der Waals surface area contributed by atoms with E-state index in [1.54, 1.807) is 12.1 Å². The molecule has 1 saturated carbocycles. The normalized spacial score (nSPS) is 23.5. The second-order valence-corrected chi connectivity index (χ2v) is 7.05. The van der Waals surface area contributed by atoms with E-state index in [1.165, 1.54) is 0 Å². The summed E-state index contributed by atoms with van der Waals surface area (Å²) in [5, 5.41) is 9.86. The van der Waals surface area contributed by atoms with Gasteiger partial charge in [-0.25, -0.2) is 0 Å². The summed E-state index contributed by atoms with van der Waals surface area (Å²) in [5.41, 5.74) is 2.03. The molecule has 2 aromatic rings. The molecule has 1 aliphatic heterocycles. The number of aromatic hydroxyl groups is 1. The summed E-state index contributed by atoms with van der Waals surface area (Å²) < 4.78 is 0. The van der Waals surface area contributed by atoms with E-state index < -0.39 is 0 Å². The SMILES string of the molecule is O=C1CC(=O)C(C2CN(c3ccccc3)CCN2c2cccc(O)c2)C1. The molecule has 1 heterocycles. The molecule has 0 spiro atoms. The minimum Gasteiger partial charge on any atom is -0.508 e. The van der Waals surface area contributed by atoms with E-state index in [1.807, 2.05) is 30.3 Å². The zero-order valence-corrected chi connectivity index (χ0v) is 14.5. The van der Waals surface area contributed by atoms with Crippen molar-refractivity contribution in [2.75, 3.05) is 29.4 Å². The van der Waals surface area contributed by atoms with Gasteiger partial charge in [0.15, 0.2) is 0 Å². The highest BCUT2D eigenvalue weighted by atomic mass is 16.3. The van der Waals surface area contributed by atoms with Gasteiger partial charge in [-0.05, 0) is 24.3 Å². The third-order valence-corrected chi connectivity index (χ3v) is 5.40. The van der Waals surface area contributed by atoms with Crippen molar-refractivity contribution in [1.29, 1.82) is 0 Å². The fourth-order valence-electron chi connectivity index (χ4n) is 4.13. The van der Waals surface area contributed by atoms with E-state index in [2.05, 4.69) is 21.9 Å². The Kier molecular flexibility index (Phi) is 4.37. The summed E-state index contributed by atoms with van der Waals surface area (Å²) in [4.78, 5) is 28.8. The van der Waals surface area contributed by atoms with Crippen LogP contribution in [0.5, 0.6) is 5.75 Å². The second kappa shape index (κ2) is 6.83. The average molecular weight is 350 g/mol. The maximum absolute atomic E-state index is 12.5. The largest absolute Gasteiger partial charge is 0.508 e. The van der Waals surface area contributed by atoms with Crippen LogP contribution in [0.2, 0.25) is 0 Å². The number of Topliss-reactive ketones (excluding diaryl/α,β-unsaturated/α-hetero) is 2. The molecular formula is C21H22N2O3. The lowest BCUT2D eigenvalue weighted by Gasteiger charge is -2.45. The van der Waals surface area contributed by atoms with Crippen LogP contribution in [-0.2, 0) is 9.59 Å². The molecule has 0 aromatic heterocycles. The molecule has 2 aliphatic rings. The van der Waals surface area contributed by atoms with Gasteiger partial charge in [0.05, 0.1) is 12.5 Å². The molecule has 0 bridgehead atoms. The number of anilines is 2. The number of nitrogens with zero attached hydrogens (tertiary/aromatic N) is 2. The van der Waals surface area contributed by atoms with E-state index in [4.69, 9.17) is 0 Å². The van der Waals surface area contributed by atoms with Crippen molar-refractivity contribution in [3.63, 3.8) is 0 Å². The van der Waals surface area contributed by atoms with Crippen LogP contribution >= 0.6 is 0 Å². The number of rotatable bonds is 3. The first kappa shape index (κ1) is 16.6. The van der Waals surface area contributed by atoms with Crippen LogP contribution in [-0.4, -0.2) is 42.3 Å². The summed E-state index contributed by atoms with van der Waals surface area (Å²) in [6.45, 7) is 2.25. The van der Waals surface area contributed by atoms with Crippen molar-refractivity contribution >= 4 is 22.9 Å². The summed E-state index contributed by atoms with van der Waals surface area (Å²) >= 11 is 0. The highest BCUT2D eigenvalue weighted by Gasteiger charge is 2.42. The summed E-state index contributed by atoms with van der Waals surface area (Å²) in [7, 11) is 0. The molecule has 0 amide bonds. The molecule has 134 valence electrons. The van der Waals surface area contributed by atoms with Gasteiger partial charge in [0.25, 0.3) is 0 Å². The van der Waals surface area contributed by atoms with Gasteiger partial charge in [0.1, 0.15) is 17.3 Å². The summed E-state index contributed by atoms with van der Waals surface area (Å²) in [6.07, 6.45) is 0.377. The van der Waals surface area contributed by atoms with E-state index in [-0.39, 0.29) is 35.7 Å². The molecule has 1 aliphatic carbocycles. The number of benzene rings is 2. The van der Waals surface area contributed by atoms with Gasteiger partial charge in [-0.2, -0.15) is 0 Å². The first-order chi connectivity index (χ1) is 12.6. The molecule has 2 fully saturated rings. The van der Waals surface area contributed by atoms with E-state index in [0.717, 1.165) is 24.5 Å². The molecule has 5 nitrogen and oxygen atoms in total. The number of phenolic OH excluding ortho intramolecular Hbond substituents is 1. The van der Waals surface area contributed by atoms with Crippen molar-refractivity contribution in [3.05, 3.63) is 54.6 Å². The maximum Gasteiger partial charge on any atom is 0.145 e. The van der Waals surface area contributed by atoms with Crippen LogP contribution < -0.4 is 9.80 Å². The number of piperazine rings is 1. The van der Waals surface area contributed by atoms with Crippen molar-refractivity contribution in [1.82, 2.24) is 0 Å². The maximum atomic E-state index is 12.5. The monoisotopic (exact) mass is 350 g/mol. The number of carbonyl (C=O) groups is 2. The minimum atomic E-state index is -0.281. The molecule has 4 rings (SSSR count). The van der Waals surface area contributed by atoms with Crippen LogP contribution in [0.15, 0.2) is 54.6 Å². The number of hydrogen-bond donors (Lipinski definition) is 1. The zero-order valence-electron chi connectivity index (χ0n) is 14.5. The van der Waals surface area contributed by atoms with Crippen molar-refractivity contribution in [3.8, 4) is 5.75 Å². The van der Waals surface area contributed by atoms with Gasteiger partial charge in [-0.3, -0.25) is 9.59 Å². The lowest BCUT2D eigenvalue weighted by Crippen LogP contribution is -2.57. The Hall–Kier alpha value is -2.82. The smallest absolute Gasteiger partial charge is 0.145 e. The second-order valence-electron chi connectivity index (χ2n) is 7.05. The third-order valence-electron chi connectivity index (χ3n) is 5.40. The molecule has 26 heavy (non-hydrogen) atoms. The lowest BCUT2D eigenvalue weighted by molar-refractivity contribution is -0.122. The van der Waals surface area contributed by atoms with Gasteiger partial charge >= 0.3 is 0 Å². The molecular weight excluding hydrogens is 328 g/mol. The molecule has 2 aromatic carbocycles. The Balaban J connectivity index is 1.66. The molecule has 1 N–H and O–H groups in total. The van der Waals surface area contributed by atoms with Crippen LogP contribution in [0.4, 0.5) is 11.4 Å². The molecule has 2 atom stereocenters. The number of phenols is 1. The van der Waals surface area contributed by atoms with Crippen molar-refractivity contribution < 1.29 is 14.7 Å². The quantitative estimate of drug-likeness (QED) is 0.863. The topological polar surface area (TPSA) is 60.9 Å². The zero-order chi connectivity index (χ0) is 18.1. The van der Waals surface area contributed by atoms with Gasteiger partial charge in [0, 0.05) is 49.4 Å². The Morgan fingerprint density at radius 2 is 1.69 bits per heavy atom. The highest BCUT2D eigenvalue weighted by molar-refractivity contribution is 6.07. The number of carbonyl (C=O) groups excluding carboxylic acids is 2. The average Bonchev–Trinajstić information content (AvgIpc) is 3.00. The molecule has 2 unspecified atom stereocenters. The van der Waals surface area contributed by atoms with Crippen LogP contribution in [0.1, 0.15) is 12.8 Å².